The van der Waals surface area contributed by atoms with E-state index in [1.54, 1.807) is 0 Å². The van der Waals surface area contributed by atoms with Crippen molar-refractivity contribution >= 4 is 11.9 Å². The molecule has 0 unspecified atom stereocenters. The number of amides is 1. The highest BCUT2D eigenvalue weighted by Crippen LogP contribution is 2.27. The van der Waals surface area contributed by atoms with Crippen LogP contribution in [0.1, 0.15) is 34.3 Å². The molecule has 0 aliphatic rings. The lowest BCUT2D eigenvalue weighted by atomic mass is 10.0. The fourth-order valence-electron chi connectivity index (χ4n) is 4.30. The molecular formula is C31H30N2O3. The van der Waals surface area contributed by atoms with Crippen molar-refractivity contribution in [1.29, 1.82) is 0 Å². The number of carbonyl (C=O) groups excluding carboxylic acids is 2. The molecule has 0 fully saturated rings. The summed E-state index contributed by atoms with van der Waals surface area (Å²) in [7, 11) is 1.33. The molecule has 0 aromatic heterocycles. The van der Waals surface area contributed by atoms with Crippen LogP contribution in [0.2, 0.25) is 0 Å². The maximum absolute atomic E-state index is 14.0. The summed E-state index contributed by atoms with van der Waals surface area (Å²) in [5.41, 5.74) is 3.70. The van der Waals surface area contributed by atoms with Gasteiger partial charge in [0.1, 0.15) is 6.04 Å². The number of methoxy groups -OCH3 is 1. The van der Waals surface area contributed by atoms with Crippen molar-refractivity contribution in [1.82, 2.24) is 10.2 Å². The van der Waals surface area contributed by atoms with Crippen LogP contribution in [0.25, 0.3) is 0 Å². The Kier molecular flexibility index (Phi) is 8.62. The number of benzene rings is 4. The lowest BCUT2D eigenvalue weighted by Crippen LogP contribution is -2.43. The average Bonchev–Trinajstić information content (AvgIpc) is 2.93. The predicted octanol–water partition coefficient (Wildman–Crippen LogP) is 5.46. The third-order valence-electron chi connectivity index (χ3n) is 6.04. The van der Waals surface area contributed by atoms with Crippen LogP contribution in [-0.2, 0) is 27.4 Å². The third-order valence-corrected chi connectivity index (χ3v) is 6.04. The van der Waals surface area contributed by atoms with E-state index in [1.165, 1.54) is 7.11 Å². The van der Waals surface area contributed by atoms with Gasteiger partial charge in [-0.1, -0.05) is 121 Å². The molecule has 5 nitrogen and oxygen atoms in total. The average molecular weight is 479 g/mol. The fraction of sp³-hybridized carbons (Fsp3) is 0.161. The van der Waals surface area contributed by atoms with Gasteiger partial charge in [-0.2, -0.15) is 0 Å². The number of nitrogens with zero attached hydrogens (tertiary/aromatic N) is 1. The molecule has 0 aliphatic heterocycles. The van der Waals surface area contributed by atoms with Crippen molar-refractivity contribution in [3.05, 3.63) is 144 Å². The summed E-state index contributed by atoms with van der Waals surface area (Å²) in [6, 6.07) is 37.5. The first-order valence-electron chi connectivity index (χ1n) is 12.0. The van der Waals surface area contributed by atoms with Crippen LogP contribution in [0.15, 0.2) is 121 Å². The van der Waals surface area contributed by atoms with E-state index in [2.05, 4.69) is 34.5 Å². The molecule has 36 heavy (non-hydrogen) atoms. The molecule has 0 bridgehead atoms. The molecule has 0 spiro atoms. The Hall–Kier alpha value is -4.22. The van der Waals surface area contributed by atoms with Crippen LogP contribution < -0.4 is 5.32 Å². The third kappa shape index (κ3) is 6.46. The standard InChI is InChI=1S/C31H30N2O3/c1-36-31(35)28(26-18-10-4-11-19-26)32-30(34)29(27-20-12-5-13-21-27)33(22-24-14-6-2-7-15-24)23-25-16-8-3-9-17-25/h2-21,28-29H,22-23H2,1H3,(H,32,34)/t28-,29+/m0/s1. The van der Waals surface area contributed by atoms with Gasteiger partial charge in [0.25, 0.3) is 0 Å². The van der Waals surface area contributed by atoms with Crippen LogP contribution in [0.4, 0.5) is 0 Å². The maximum atomic E-state index is 14.0. The van der Waals surface area contributed by atoms with E-state index in [0.29, 0.717) is 18.7 Å². The zero-order chi connectivity index (χ0) is 25.2. The van der Waals surface area contributed by atoms with Gasteiger partial charge in [0.15, 0.2) is 6.04 Å². The van der Waals surface area contributed by atoms with Crippen molar-refractivity contribution in [3.8, 4) is 0 Å². The van der Waals surface area contributed by atoms with Crippen molar-refractivity contribution in [2.24, 2.45) is 0 Å². The molecule has 0 aliphatic carbocycles. The van der Waals surface area contributed by atoms with E-state index in [1.807, 2.05) is 97.1 Å². The highest BCUT2D eigenvalue weighted by atomic mass is 16.5. The van der Waals surface area contributed by atoms with Gasteiger partial charge in [0.2, 0.25) is 5.91 Å². The maximum Gasteiger partial charge on any atom is 0.333 e. The first-order valence-corrected chi connectivity index (χ1v) is 12.0. The molecule has 0 heterocycles. The van der Waals surface area contributed by atoms with E-state index in [9.17, 15) is 9.59 Å². The van der Waals surface area contributed by atoms with Crippen LogP contribution in [0.3, 0.4) is 0 Å². The number of rotatable bonds is 10. The van der Waals surface area contributed by atoms with Gasteiger partial charge in [-0.25, -0.2) is 4.79 Å². The molecule has 0 saturated heterocycles. The minimum atomic E-state index is -0.912. The molecule has 0 radical (unpaired) electrons. The van der Waals surface area contributed by atoms with Gasteiger partial charge in [-0.15, -0.1) is 0 Å². The summed E-state index contributed by atoms with van der Waals surface area (Å²) in [4.78, 5) is 28.9. The second-order valence-corrected chi connectivity index (χ2v) is 8.56. The smallest absolute Gasteiger partial charge is 0.333 e. The zero-order valence-electron chi connectivity index (χ0n) is 20.3. The predicted molar refractivity (Wildman–Crippen MR) is 141 cm³/mol. The summed E-state index contributed by atoms with van der Waals surface area (Å²) >= 11 is 0. The van der Waals surface area contributed by atoms with E-state index >= 15 is 0 Å². The van der Waals surface area contributed by atoms with E-state index in [4.69, 9.17) is 4.74 Å². The molecule has 0 saturated carbocycles. The highest BCUT2D eigenvalue weighted by Gasteiger charge is 2.32. The molecule has 2 atom stereocenters. The number of ether oxygens (including phenoxy) is 1. The van der Waals surface area contributed by atoms with Gasteiger partial charge in [0, 0.05) is 13.1 Å². The monoisotopic (exact) mass is 478 g/mol. The lowest BCUT2D eigenvalue weighted by Gasteiger charge is -2.32. The van der Waals surface area contributed by atoms with Crippen molar-refractivity contribution in [2.45, 2.75) is 25.2 Å². The van der Waals surface area contributed by atoms with Crippen LogP contribution in [-0.4, -0.2) is 23.9 Å². The minimum Gasteiger partial charge on any atom is -0.467 e. The Morgan fingerprint density at radius 2 is 1.08 bits per heavy atom. The molecule has 182 valence electrons. The van der Waals surface area contributed by atoms with Crippen LogP contribution in [0, 0.1) is 0 Å². The number of esters is 1. The van der Waals surface area contributed by atoms with E-state index in [-0.39, 0.29) is 5.91 Å². The summed E-state index contributed by atoms with van der Waals surface area (Å²) in [6.07, 6.45) is 0. The van der Waals surface area contributed by atoms with Gasteiger partial charge >= 0.3 is 5.97 Å². The van der Waals surface area contributed by atoms with Crippen molar-refractivity contribution < 1.29 is 14.3 Å². The Balaban J connectivity index is 1.72. The molecule has 4 aromatic carbocycles. The molecular weight excluding hydrogens is 448 g/mol. The molecule has 1 amide bonds. The Morgan fingerprint density at radius 1 is 0.667 bits per heavy atom. The summed E-state index contributed by atoms with van der Waals surface area (Å²) in [5, 5.41) is 2.98. The van der Waals surface area contributed by atoms with Gasteiger partial charge in [0.05, 0.1) is 7.11 Å². The summed E-state index contributed by atoms with van der Waals surface area (Å²) in [6.45, 7) is 1.11. The number of hydrogen-bond donors (Lipinski definition) is 1. The van der Waals surface area contributed by atoms with Gasteiger partial charge in [-0.3, -0.25) is 9.69 Å². The van der Waals surface area contributed by atoms with Crippen LogP contribution >= 0.6 is 0 Å². The largest absolute Gasteiger partial charge is 0.467 e. The Bertz CT molecular complexity index is 1190. The lowest BCUT2D eigenvalue weighted by molar-refractivity contribution is -0.146. The van der Waals surface area contributed by atoms with Crippen molar-refractivity contribution in [3.63, 3.8) is 0 Å². The molecule has 4 rings (SSSR count). The SMILES string of the molecule is COC(=O)[C@@H](NC(=O)[C@@H](c1ccccc1)N(Cc1ccccc1)Cc1ccccc1)c1ccccc1. The quantitative estimate of drug-likeness (QED) is 0.308. The van der Waals surface area contributed by atoms with Crippen molar-refractivity contribution in [2.75, 3.05) is 7.11 Å². The summed E-state index contributed by atoms with van der Waals surface area (Å²) < 4.78 is 5.04. The first-order chi connectivity index (χ1) is 17.7. The van der Waals surface area contributed by atoms with Crippen LogP contribution in [0.5, 0.6) is 0 Å². The second-order valence-electron chi connectivity index (χ2n) is 8.56. The second kappa shape index (κ2) is 12.5. The van der Waals surface area contributed by atoms with E-state index < -0.39 is 18.1 Å². The minimum absolute atomic E-state index is 0.271. The molecule has 1 N–H and O–H groups in total. The zero-order valence-corrected chi connectivity index (χ0v) is 20.3. The Morgan fingerprint density at radius 3 is 1.53 bits per heavy atom. The Labute approximate surface area is 212 Å². The normalized spacial score (nSPS) is 12.5. The highest BCUT2D eigenvalue weighted by molar-refractivity contribution is 5.89. The number of hydrogen-bond acceptors (Lipinski definition) is 4. The topological polar surface area (TPSA) is 58.6 Å². The first kappa shape index (κ1) is 24.9. The molecule has 5 heteroatoms. The van der Waals surface area contributed by atoms with Gasteiger partial charge < -0.3 is 10.1 Å². The molecule has 4 aromatic rings. The van der Waals surface area contributed by atoms with Gasteiger partial charge in [-0.05, 0) is 22.3 Å². The number of nitrogens with one attached hydrogen (secondary N) is 1. The van der Waals surface area contributed by atoms with E-state index in [0.717, 1.165) is 16.7 Å². The number of carbonyl (C=O) groups is 2. The fourth-order valence-corrected chi connectivity index (χ4v) is 4.30. The summed E-state index contributed by atoms with van der Waals surface area (Å²) in [5.74, 6) is -0.786.